The summed E-state index contributed by atoms with van der Waals surface area (Å²) in [6.07, 6.45) is 8.90. The van der Waals surface area contributed by atoms with Gasteiger partial charge < -0.3 is 9.80 Å². The maximum absolute atomic E-state index is 13.8. The number of aromatic amines is 1. The fraction of sp³-hybridized carbons (Fsp3) is 0.448. The van der Waals surface area contributed by atoms with Crippen molar-refractivity contribution in [2.75, 3.05) is 18.0 Å². The number of piperidine rings is 1. The lowest BCUT2D eigenvalue weighted by Crippen LogP contribution is -2.51. The molecule has 6 heteroatoms. The van der Waals surface area contributed by atoms with Gasteiger partial charge in [0.1, 0.15) is 5.82 Å². The van der Waals surface area contributed by atoms with Crippen LogP contribution in [0, 0.1) is 18.7 Å². The predicted molar refractivity (Wildman–Crippen MR) is 137 cm³/mol. The summed E-state index contributed by atoms with van der Waals surface area (Å²) in [5.74, 6) is 0.453. The number of likely N-dealkylation sites (tertiary alicyclic amines) is 1. The number of anilines is 1. The number of aryl methyl sites for hydroxylation is 2. The predicted octanol–water partition coefficient (Wildman–Crippen LogP) is 5.31. The van der Waals surface area contributed by atoms with Gasteiger partial charge in [-0.15, -0.1) is 0 Å². The Bertz CT molecular complexity index is 1150. The molecule has 0 radical (unpaired) electrons. The number of nitrogens with one attached hydrogen (secondary N) is 1. The molecule has 5 nitrogen and oxygen atoms in total. The summed E-state index contributed by atoms with van der Waals surface area (Å²) in [7, 11) is 0. The number of hydrogen-bond donors (Lipinski definition) is 1. The molecule has 0 unspecified atom stereocenters. The average Bonchev–Trinajstić information content (AvgIpc) is 3.44. The van der Waals surface area contributed by atoms with E-state index in [0.29, 0.717) is 18.4 Å². The molecular formula is C29H35FN4O. The zero-order chi connectivity index (χ0) is 24.4. The molecule has 5 rings (SSSR count). The van der Waals surface area contributed by atoms with E-state index < -0.39 is 0 Å². The molecule has 1 aromatic heterocycles. The van der Waals surface area contributed by atoms with Gasteiger partial charge in [0.25, 0.3) is 0 Å². The Morgan fingerprint density at radius 3 is 2.77 bits per heavy atom. The molecular weight excluding hydrogens is 439 g/mol. The summed E-state index contributed by atoms with van der Waals surface area (Å²) in [6, 6.07) is 16.0. The monoisotopic (exact) mass is 474 g/mol. The number of hydrogen-bond acceptors (Lipinski definition) is 3. The molecule has 2 aliphatic heterocycles. The Hall–Kier alpha value is -3.15. The number of benzene rings is 2. The molecule has 184 valence electrons. The Morgan fingerprint density at radius 2 is 2.03 bits per heavy atom. The highest BCUT2D eigenvalue weighted by Crippen LogP contribution is 2.46. The molecule has 3 heterocycles. The van der Waals surface area contributed by atoms with Crippen molar-refractivity contribution in [1.29, 1.82) is 0 Å². The summed E-state index contributed by atoms with van der Waals surface area (Å²) in [5.41, 5.74) is 4.72. The number of rotatable bonds is 7. The Labute approximate surface area is 207 Å². The van der Waals surface area contributed by atoms with E-state index >= 15 is 0 Å². The molecule has 3 atom stereocenters. The maximum Gasteiger partial charge on any atom is 0.222 e. The first-order valence-corrected chi connectivity index (χ1v) is 12.8. The first kappa shape index (κ1) is 23.6. The highest BCUT2D eigenvalue weighted by atomic mass is 19.1. The van der Waals surface area contributed by atoms with Gasteiger partial charge in [-0.25, -0.2) is 4.39 Å². The molecule has 3 aromatic rings. The lowest BCUT2D eigenvalue weighted by atomic mass is 9.85. The van der Waals surface area contributed by atoms with E-state index in [1.54, 1.807) is 12.1 Å². The van der Waals surface area contributed by atoms with Crippen molar-refractivity contribution in [3.8, 4) is 0 Å². The molecule has 0 spiro atoms. The molecule has 35 heavy (non-hydrogen) atoms. The van der Waals surface area contributed by atoms with Gasteiger partial charge in [-0.2, -0.15) is 5.10 Å². The fourth-order valence-electron chi connectivity index (χ4n) is 6.39. The van der Waals surface area contributed by atoms with Crippen LogP contribution in [0.15, 0.2) is 60.9 Å². The van der Waals surface area contributed by atoms with Gasteiger partial charge in [0.15, 0.2) is 0 Å². The van der Waals surface area contributed by atoms with E-state index in [0.717, 1.165) is 56.4 Å². The van der Waals surface area contributed by atoms with Crippen LogP contribution in [0.4, 0.5) is 10.1 Å². The third-order valence-electron chi connectivity index (χ3n) is 7.84. The molecule has 1 amide bonds. The van der Waals surface area contributed by atoms with Crippen molar-refractivity contribution in [2.24, 2.45) is 5.92 Å². The summed E-state index contributed by atoms with van der Waals surface area (Å²) < 4.78 is 13.8. The molecule has 2 aliphatic rings. The first-order valence-electron chi connectivity index (χ1n) is 12.8. The number of nitrogens with zero attached hydrogens (tertiary/aromatic N) is 3. The minimum atomic E-state index is -0.208. The number of halogens is 1. The quantitative estimate of drug-likeness (QED) is 0.505. The van der Waals surface area contributed by atoms with Crippen LogP contribution < -0.4 is 4.90 Å². The van der Waals surface area contributed by atoms with Crippen molar-refractivity contribution >= 4 is 11.6 Å². The smallest absolute Gasteiger partial charge is 0.222 e. The van der Waals surface area contributed by atoms with E-state index in [1.165, 1.54) is 11.1 Å². The lowest BCUT2D eigenvalue weighted by molar-refractivity contribution is -0.133. The van der Waals surface area contributed by atoms with Crippen LogP contribution >= 0.6 is 0 Å². The van der Waals surface area contributed by atoms with Crippen molar-refractivity contribution in [3.63, 3.8) is 0 Å². The van der Waals surface area contributed by atoms with Crippen LogP contribution in [-0.4, -0.2) is 45.7 Å². The number of carbonyl (C=O) groups is 1. The Balaban J connectivity index is 1.32. The molecule has 1 N–H and O–H groups in total. The van der Waals surface area contributed by atoms with Crippen LogP contribution in [0.5, 0.6) is 0 Å². The van der Waals surface area contributed by atoms with E-state index in [1.807, 2.05) is 24.5 Å². The van der Waals surface area contributed by atoms with Crippen molar-refractivity contribution < 1.29 is 9.18 Å². The van der Waals surface area contributed by atoms with Gasteiger partial charge >= 0.3 is 0 Å². The summed E-state index contributed by atoms with van der Waals surface area (Å²) >= 11 is 0. The number of carbonyl (C=O) groups excluding carboxylic acids is 1. The van der Waals surface area contributed by atoms with E-state index in [9.17, 15) is 9.18 Å². The van der Waals surface area contributed by atoms with Gasteiger partial charge in [0, 0.05) is 43.0 Å². The molecule has 2 saturated heterocycles. The minimum Gasteiger partial charge on any atom is -0.362 e. The largest absolute Gasteiger partial charge is 0.362 e. The van der Waals surface area contributed by atoms with Crippen LogP contribution in [-0.2, 0) is 17.6 Å². The van der Waals surface area contributed by atoms with E-state index in [-0.39, 0.29) is 17.3 Å². The molecule has 0 bridgehead atoms. The van der Waals surface area contributed by atoms with Gasteiger partial charge in [0.2, 0.25) is 5.91 Å². The first-order chi connectivity index (χ1) is 16.9. The molecule has 0 saturated carbocycles. The zero-order valence-electron chi connectivity index (χ0n) is 20.7. The van der Waals surface area contributed by atoms with Crippen molar-refractivity contribution in [2.45, 2.75) is 64.0 Å². The van der Waals surface area contributed by atoms with Crippen LogP contribution in [0.3, 0.4) is 0 Å². The Morgan fingerprint density at radius 1 is 1.20 bits per heavy atom. The number of H-pyrrole nitrogens is 1. The molecule has 2 aromatic carbocycles. The van der Waals surface area contributed by atoms with Crippen molar-refractivity contribution in [1.82, 2.24) is 15.1 Å². The van der Waals surface area contributed by atoms with E-state index in [2.05, 4.69) is 58.1 Å². The number of aromatic nitrogens is 2. The second-order valence-electron chi connectivity index (χ2n) is 10.6. The van der Waals surface area contributed by atoms with Gasteiger partial charge in [-0.1, -0.05) is 29.8 Å². The minimum absolute atomic E-state index is 0.0959. The molecule has 0 aliphatic carbocycles. The highest BCUT2D eigenvalue weighted by Gasteiger charge is 2.50. The van der Waals surface area contributed by atoms with Crippen molar-refractivity contribution in [3.05, 3.63) is 83.4 Å². The Kier molecular flexibility index (Phi) is 6.63. The third kappa shape index (κ3) is 5.12. The third-order valence-corrected chi connectivity index (χ3v) is 7.84. The number of amides is 1. The topological polar surface area (TPSA) is 52.2 Å². The maximum atomic E-state index is 13.8. The zero-order valence-corrected chi connectivity index (χ0v) is 20.7. The summed E-state index contributed by atoms with van der Waals surface area (Å²) in [4.78, 5) is 17.7. The van der Waals surface area contributed by atoms with Gasteiger partial charge in [-0.3, -0.25) is 9.89 Å². The molecule has 2 fully saturated rings. The van der Waals surface area contributed by atoms with Gasteiger partial charge in [0.05, 0.1) is 6.20 Å². The van der Waals surface area contributed by atoms with Crippen LogP contribution in [0.25, 0.3) is 0 Å². The highest BCUT2D eigenvalue weighted by molar-refractivity contribution is 5.76. The standard InChI is InChI=1S/C29H35FN4O/c1-21-5-3-6-22(15-21)16-29(2)17-24-20-33(28(35)8-4-7-23-18-31-32-19-23)14-13-27(24)34(29)26-11-9-25(30)10-12-26/h3,5-6,9-12,15,18-19,24,27H,4,7-8,13-14,16-17,20H2,1-2H3,(H,31,32)/t24-,27+,29-/m1/s1. The van der Waals surface area contributed by atoms with Crippen LogP contribution in [0.1, 0.15) is 49.3 Å². The average molecular weight is 475 g/mol. The summed E-state index contributed by atoms with van der Waals surface area (Å²) in [6.45, 7) is 6.06. The second kappa shape index (κ2) is 9.84. The van der Waals surface area contributed by atoms with Crippen LogP contribution in [0.2, 0.25) is 0 Å². The van der Waals surface area contributed by atoms with Gasteiger partial charge in [-0.05, 0) is 87.3 Å². The fourth-order valence-corrected chi connectivity index (χ4v) is 6.39. The SMILES string of the molecule is Cc1cccc(C[C@]2(C)C[C@@H]3CN(C(=O)CCCc4cn[nH]c4)CC[C@@H]3N2c2ccc(F)cc2)c1. The van der Waals surface area contributed by atoms with E-state index in [4.69, 9.17) is 0 Å². The normalized spacial score (nSPS) is 24.0. The second-order valence-corrected chi connectivity index (χ2v) is 10.6. The number of fused-ring (bicyclic) bond motifs is 1. The summed E-state index contributed by atoms with van der Waals surface area (Å²) in [5, 5.41) is 6.82. The lowest BCUT2D eigenvalue weighted by Gasteiger charge is -2.43.